The maximum absolute atomic E-state index is 10.9. The van der Waals surface area contributed by atoms with E-state index in [1.807, 2.05) is 0 Å². The Hall–Kier alpha value is -0.790. The van der Waals surface area contributed by atoms with Crippen molar-refractivity contribution in [1.29, 1.82) is 0 Å². The zero-order chi connectivity index (χ0) is 15.8. The van der Waals surface area contributed by atoms with Gasteiger partial charge >= 0.3 is 5.97 Å². The monoisotopic (exact) mass is 296 g/mol. The van der Waals surface area contributed by atoms with Gasteiger partial charge in [0.2, 0.25) is 0 Å². The van der Waals surface area contributed by atoms with E-state index in [1.165, 1.54) is 58.5 Å². The highest BCUT2D eigenvalue weighted by Crippen LogP contribution is 2.12. The summed E-state index contributed by atoms with van der Waals surface area (Å²) in [6.07, 6.45) is 19.1. The van der Waals surface area contributed by atoms with Crippen molar-refractivity contribution in [3.8, 4) is 0 Å². The first kappa shape index (κ1) is 20.2. The highest BCUT2D eigenvalue weighted by Gasteiger charge is 1.97. The van der Waals surface area contributed by atoms with E-state index in [4.69, 9.17) is 0 Å². The summed E-state index contributed by atoms with van der Waals surface area (Å²) in [6.45, 7) is 4.61. The van der Waals surface area contributed by atoms with Gasteiger partial charge in [-0.05, 0) is 38.0 Å². The first-order valence-corrected chi connectivity index (χ1v) is 8.88. The van der Waals surface area contributed by atoms with Crippen LogP contribution in [0, 0.1) is 5.92 Å². The number of unbranched alkanes of at least 4 members (excludes halogenated alkanes) is 8. The van der Waals surface area contributed by atoms with Gasteiger partial charge in [0, 0.05) is 6.42 Å². The SMILES string of the molecule is COC(=O)CCCC/C=C\CCCCCCCCC(C)C. The Balaban J connectivity index is 3.13. The van der Waals surface area contributed by atoms with Crippen LogP contribution in [0.15, 0.2) is 12.2 Å². The lowest BCUT2D eigenvalue weighted by Crippen LogP contribution is -1.98. The predicted octanol–water partition coefficient (Wildman–Crippen LogP) is 6.05. The third-order valence-corrected chi connectivity index (χ3v) is 3.80. The van der Waals surface area contributed by atoms with Crippen LogP contribution < -0.4 is 0 Å². The fourth-order valence-corrected chi connectivity index (χ4v) is 2.39. The average Bonchev–Trinajstić information content (AvgIpc) is 2.46. The molecular weight excluding hydrogens is 260 g/mol. The van der Waals surface area contributed by atoms with Crippen LogP contribution in [-0.4, -0.2) is 13.1 Å². The molecule has 0 aliphatic carbocycles. The molecule has 0 bridgehead atoms. The number of carbonyl (C=O) groups excluding carboxylic acids is 1. The summed E-state index contributed by atoms with van der Waals surface area (Å²) in [6, 6.07) is 0. The van der Waals surface area contributed by atoms with Crippen LogP contribution in [0.25, 0.3) is 0 Å². The molecule has 0 aromatic rings. The number of allylic oxidation sites excluding steroid dienone is 2. The van der Waals surface area contributed by atoms with Gasteiger partial charge in [0.05, 0.1) is 7.11 Å². The summed E-state index contributed by atoms with van der Waals surface area (Å²) in [5.74, 6) is 0.773. The van der Waals surface area contributed by atoms with Crippen molar-refractivity contribution in [3.05, 3.63) is 12.2 Å². The molecule has 0 rings (SSSR count). The molecule has 0 aliphatic heterocycles. The second-order valence-electron chi connectivity index (χ2n) is 6.39. The lowest BCUT2D eigenvalue weighted by molar-refractivity contribution is -0.140. The first-order valence-electron chi connectivity index (χ1n) is 8.88. The molecule has 21 heavy (non-hydrogen) atoms. The lowest BCUT2D eigenvalue weighted by atomic mass is 10.0. The molecular formula is C19H36O2. The van der Waals surface area contributed by atoms with E-state index in [-0.39, 0.29) is 5.97 Å². The second kappa shape index (κ2) is 15.6. The average molecular weight is 296 g/mol. The summed E-state index contributed by atoms with van der Waals surface area (Å²) in [4.78, 5) is 10.9. The van der Waals surface area contributed by atoms with Crippen LogP contribution in [0.1, 0.15) is 90.9 Å². The van der Waals surface area contributed by atoms with Gasteiger partial charge in [-0.25, -0.2) is 0 Å². The van der Waals surface area contributed by atoms with Crippen LogP contribution in [0.5, 0.6) is 0 Å². The molecule has 0 unspecified atom stereocenters. The third kappa shape index (κ3) is 17.2. The molecule has 0 atom stereocenters. The van der Waals surface area contributed by atoms with Crippen LogP contribution in [0.4, 0.5) is 0 Å². The van der Waals surface area contributed by atoms with Crippen molar-refractivity contribution in [2.24, 2.45) is 5.92 Å². The van der Waals surface area contributed by atoms with Crippen LogP contribution in [0.2, 0.25) is 0 Å². The Labute approximate surface area is 132 Å². The van der Waals surface area contributed by atoms with Gasteiger partial charge in [-0.2, -0.15) is 0 Å². The number of rotatable bonds is 14. The van der Waals surface area contributed by atoms with Crippen molar-refractivity contribution in [1.82, 2.24) is 0 Å². The fraction of sp³-hybridized carbons (Fsp3) is 0.842. The minimum Gasteiger partial charge on any atom is -0.469 e. The van der Waals surface area contributed by atoms with Crippen LogP contribution in [0.3, 0.4) is 0 Å². The van der Waals surface area contributed by atoms with Crippen molar-refractivity contribution < 1.29 is 9.53 Å². The van der Waals surface area contributed by atoms with E-state index in [2.05, 4.69) is 30.7 Å². The van der Waals surface area contributed by atoms with Crippen molar-refractivity contribution in [3.63, 3.8) is 0 Å². The fourth-order valence-electron chi connectivity index (χ4n) is 2.39. The van der Waals surface area contributed by atoms with E-state index >= 15 is 0 Å². The molecule has 0 heterocycles. The number of methoxy groups -OCH3 is 1. The first-order chi connectivity index (χ1) is 10.2. The van der Waals surface area contributed by atoms with E-state index in [1.54, 1.807) is 0 Å². The van der Waals surface area contributed by atoms with Crippen LogP contribution >= 0.6 is 0 Å². The number of esters is 1. The molecule has 0 aromatic carbocycles. The Kier molecular flexibility index (Phi) is 15.0. The van der Waals surface area contributed by atoms with E-state index in [0.717, 1.165) is 25.2 Å². The highest BCUT2D eigenvalue weighted by atomic mass is 16.5. The molecule has 0 aliphatic rings. The summed E-state index contributed by atoms with van der Waals surface area (Å²) in [5, 5.41) is 0. The molecule has 2 nitrogen and oxygen atoms in total. The minimum absolute atomic E-state index is 0.0904. The van der Waals surface area contributed by atoms with Crippen molar-refractivity contribution in [2.45, 2.75) is 90.9 Å². The maximum atomic E-state index is 10.9. The Morgan fingerprint density at radius 2 is 1.38 bits per heavy atom. The van der Waals surface area contributed by atoms with Gasteiger partial charge in [0.25, 0.3) is 0 Å². The highest BCUT2D eigenvalue weighted by molar-refractivity contribution is 5.68. The molecule has 0 saturated carbocycles. The van der Waals surface area contributed by atoms with E-state index < -0.39 is 0 Å². The standard InChI is InChI=1S/C19H36O2/c1-18(2)16-14-12-10-8-6-4-5-7-9-11-13-15-17-19(20)21-3/h7,9,18H,4-6,8,10-17H2,1-3H3/b9-7-. The number of hydrogen-bond acceptors (Lipinski definition) is 2. The Morgan fingerprint density at radius 1 is 0.857 bits per heavy atom. The largest absolute Gasteiger partial charge is 0.469 e. The van der Waals surface area contributed by atoms with Crippen LogP contribution in [-0.2, 0) is 9.53 Å². The Bertz CT molecular complexity index is 256. The van der Waals surface area contributed by atoms with Gasteiger partial charge in [0.15, 0.2) is 0 Å². The quantitative estimate of drug-likeness (QED) is 0.221. The number of hydrogen-bond donors (Lipinski definition) is 0. The van der Waals surface area contributed by atoms with Crippen molar-refractivity contribution in [2.75, 3.05) is 7.11 Å². The molecule has 2 heteroatoms. The molecule has 124 valence electrons. The molecule has 0 aromatic heterocycles. The van der Waals surface area contributed by atoms with Gasteiger partial charge in [-0.3, -0.25) is 4.79 Å². The summed E-state index contributed by atoms with van der Waals surface area (Å²) in [7, 11) is 1.45. The summed E-state index contributed by atoms with van der Waals surface area (Å²) >= 11 is 0. The second-order valence-corrected chi connectivity index (χ2v) is 6.39. The number of ether oxygens (including phenoxy) is 1. The zero-order valence-corrected chi connectivity index (χ0v) is 14.5. The normalized spacial score (nSPS) is 11.4. The molecule has 0 radical (unpaired) electrons. The molecule has 0 amide bonds. The molecule has 0 saturated heterocycles. The predicted molar refractivity (Wildman–Crippen MR) is 91.4 cm³/mol. The van der Waals surface area contributed by atoms with Gasteiger partial charge in [0.1, 0.15) is 0 Å². The summed E-state index contributed by atoms with van der Waals surface area (Å²) < 4.78 is 4.61. The van der Waals surface area contributed by atoms with Crippen molar-refractivity contribution >= 4 is 5.97 Å². The van der Waals surface area contributed by atoms with E-state index in [0.29, 0.717) is 6.42 Å². The smallest absolute Gasteiger partial charge is 0.305 e. The molecule has 0 fully saturated rings. The zero-order valence-electron chi connectivity index (χ0n) is 14.5. The van der Waals surface area contributed by atoms with Gasteiger partial charge in [-0.15, -0.1) is 0 Å². The molecule has 0 spiro atoms. The third-order valence-electron chi connectivity index (χ3n) is 3.80. The minimum atomic E-state index is -0.0904. The number of carbonyl (C=O) groups is 1. The van der Waals surface area contributed by atoms with Gasteiger partial charge < -0.3 is 4.74 Å². The maximum Gasteiger partial charge on any atom is 0.305 e. The lowest BCUT2D eigenvalue weighted by Gasteiger charge is -2.03. The summed E-state index contributed by atoms with van der Waals surface area (Å²) in [5.41, 5.74) is 0. The van der Waals surface area contributed by atoms with Gasteiger partial charge in [-0.1, -0.05) is 64.5 Å². The Morgan fingerprint density at radius 3 is 1.95 bits per heavy atom. The van der Waals surface area contributed by atoms with E-state index in [9.17, 15) is 4.79 Å². The topological polar surface area (TPSA) is 26.3 Å². The molecule has 0 N–H and O–H groups in total.